The van der Waals surface area contributed by atoms with Gasteiger partial charge in [0, 0.05) is 25.7 Å². The maximum atomic E-state index is 13.0. The van der Waals surface area contributed by atoms with E-state index in [2.05, 4.69) is 10.4 Å². The van der Waals surface area contributed by atoms with Crippen LogP contribution in [0, 0.1) is 19.7 Å². The number of hydrogen-bond donors (Lipinski definition) is 1. The number of hydrogen-bond acceptors (Lipinski definition) is 2. The van der Waals surface area contributed by atoms with E-state index in [0.29, 0.717) is 19.4 Å². The lowest BCUT2D eigenvalue weighted by molar-refractivity contribution is -0.121. The van der Waals surface area contributed by atoms with Crippen molar-refractivity contribution >= 4 is 5.91 Å². The van der Waals surface area contributed by atoms with Gasteiger partial charge in [-0.1, -0.05) is 12.1 Å². The average Bonchev–Trinajstić information content (AvgIpc) is 2.68. The van der Waals surface area contributed by atoms with E-state index < -0.39 is 0 Å². The molecule has 21 heavy (non-hydrogen) atoms. The van der Waals surface area contributed by atoms with Crippen LogP contribution in [0.25, 0.3) is 0 Å². The quantitative estimate of drug-likeness (QED) is 0.919. The van der Waals surface area contributed by atoms with Gasteiger partial charge in [-0.15, -0.1) is 0 Å². The molecule has 2 aromatic rings. The second-order valence-corrected chi connectivity index (χ2v) is 5.18. The molecule has 0 bridgehead atoms. The van der Waals surface area contributed by atoms with Crippen LogP contribution in [-0.4, -0.2) is 15.7 Å². The zero-order valence-corrected chi connectivity index (χ0v) is 12.6. The van der Waals surface area contributed by atoms with Gasteiger partial charge >= 0.3 is 0 Å². The molecule has 0 aliphatic heterocycles. The third kappa shape index (κ3) is 3.90. The standard InChI is InChI=1S/C16H20FN3O/c1-11-15(12(2)20(3)19-11)7-8-16(21)18-10-13-5-4-6-14(17)9-13/h4-6,9H,7-8,10H2,1-3H3,(H,18,21). The second kappa shape index (κ2) is 6.52. The fourth-order valence-corrected chi connectivity index (χ4v) is 2.35. The smallest absolute Gasteiger partial charge is 0.220 e. The van der Waals surface area contributed by atoms with Gasteiger partial charge in [0.2, 0.25) is 5.91 Å². The molecule has 1 amide bonds. The lowest BCUT2D eigenvalue weighted by Gasteiger charge is -2.06. The summed E-state index contributed by atoms with van der Waals surface area (Å²) in [6.45, 7) is 4.30. The highest BCUT2D eigenvalue weighted by atomic mass is 19.1. The largest absolute Gasteiger partial charge is 0.352 e. The van der Waals surface area contributed by atoms with Gasteiger partial charge in [-0.3, -0.25) is 9.48 Å². The second-order valence-electron chi connectivity index (χ2n) is 5.18. The molecule has 0 aliphatic carbocycles. The van der Waals surface area contributed by atoms with Gasteiger partial charge in [-0.2, -0.15) is 5.10 Å². The van der Waals surface area contributed by atoms with Crippen LogP contribution in [0.5, 0.6) is 0 Å². The average molecular weight is 289 g/mol. The van der Waals surface area contributed by atoms with Crippen LogP contribution >= 0.6 is 0 Å². The van der Waals surface area contributed by atoms with Gasteiger partial charge in [0.1, 0.15) is 5.82 Å². The Hall–Kier alpha value is -2.17. The van der Waals surface area contributed by atoms with Crippen LogP contribution in [0.2, 0.25) is 0 Å². The molecular formula is C16H20FN3O. The Balaban J connectivity index is 1.85. The lowest BCUT2D eigenvalue weighted by atomic mass is 10.1. The molecule has 1 aromatic heterocycles. The Morgan fingerprint density at radius 2 is 2.14 bits per heavy atom. The maximum absolute atomic E-state index is 13.0. The lowest BCUT2D eigenvalue weighted by Crippen LogP contribution is -2.23. The van der Waals surface area contributed by atoms with Gasteiger partial charge in [-0.05, 0) is 43.5 Å². The Morgan fingerprint density at radius 3 is 2.76 bits per heavy atom. The van der Waals surface area contributed by atoms with Gasteiger partial charge < -0.3 is 5.32 Å². The summed E-state index contributed by atoms with van der Waals surface area (Å²) in [6, 6.07) is 6.24. The van der Waals surface area contributed by atoms with Gasteiger partial charge in [0.15, 0.2) is 0 Å². The first kappa shape index (κ1) is 15.2. The number of aryl methyl sites for hydroxylation is 2. The first-order chi connectivity index (χ1) is 9.97. The molecule has 0 saturated carbocycles. The van der Waals surface area contributed by atoms with Crippen LogP contribution in [0.4, 0.5) is 4.39 Å². The van der Waals surface area contributed by atoms with E-state index in [9.17, 15) is 9.18 Å². The number of carbonyl (C=O) groups is 1. The summed E-state index contributed by atoms with van der Waals surface area (Å²) in [5.41, 5.74) is 3.94. The van der Waals surface area contributed by atoms with E-state index in [4.69, 9.17) is 0 Å². The van der Waals surface area contributed by atoms with E-state index >= 15 is 0 Å². The highest BCUT2D eigenvalue weighted by Gasteiger charge is 2.11. The molecule has 0 saturated heterocycles. The minimum absolute atomic E-state index is 0.0399. The van der Waals surface area contributed by atoms with Crippen molar-refractivity contribution in [3.63, 3.8) is 0 Å². The van der Waals surface area contributed by atoms with Gasteiger partial charge in [0.05, 0.1) is 5.69 Å². The van der Waals surface area contributed by atoms with E-state index in [-0.39, 0.29) is 11.7 Å². The van der Waals surface area contributed by atoms with Crippen LogP contribution < -0.4 is 5.32 Å². The number of halogens is 1. The Bertz CT molecular complexity index is 649. The molecule has 112 valence electrons. The number of carbonyl (C=O) groups excluding carboxylic acids is 1. The van der Waals surface area contributed by atoms with E-state index in [1.165, 1.54) is 12.1 Å². The molecule has 4 nitrogen and oxygen atoms in total. The molecule has 0 fully saturated rings. The molecule has 1 N–H and O–H groups in total. The molecule has 1 heterocycles. The van der Waals surface area contributed by atoms with Crippen molar-refractivity contribution in [2.24, 2.45) is 7.05 Å². The molecule has 1 aromatic carbocycles. The molecule has 0 unspecified atom stereocenters. The molecule has 0 radical (unpaired) electrons. The first-order valence-electron chi connectivity index (χ1n) is 6.97. The van der Waals surface area contributed by atoms with Crippen LogP contribution in [0.1, 0.15) is 28.9 Å². The first-order valence-corrected chi connectivity index (χ1v) is 6.97. The van der Waals surface area contributed by atoms with Crippen LogP contribution in [-0.2, 0) is 24.8 Å². The number of rotatable bonds is 5. The fourth-order valence-electron chi connectivity index (χ4n) is 2.35. The minimum Gasteiger partial charge on any atom is -0.352 e. The molecule has 0 aliphatic rings. The summed E-state index contributed by atoms with van der Waals surface area (Å²) in [4.78, 5) is 11.9. The third-order valence-corrected chi connectivity index (χ3v) is 3.64. The summed E-state index contributed by atoms with van der Waals surface area (Å²) in [7, 11) is 1.90. The van der Waals surface area contributed by atoms with Crippen molar-refractivity contribution in [2.75, 3.05) is 0 Å². The number of nitrogens with one attached hydrogen (secondary N) is 1. The zero-order chi connectivity index (χ0) is 15.4. The predicted molar refractivity (Wildman–Crippen MR) is 79.2 cm³/mol. The summed E-state index contributed by atoms with van der Waals surface area (Å²) in [5, 5.41) is 7.14. The molecule has 5 heteroatoms. The summed E-state index contributed by atoms with van der Waals surface area (Å²) in [6.07, 6.45) is 1.07. The predicted octanol–water partition coefficient (Wildman–Crippen LogP) is 2.43. The third-order valence-electron chi connectivity index (χ3n) is 3.64. The number of aromatic nitrogens is 2. The van der Waals surface area contributed by atoms with Crippen molar-refractivity contribution in [2.45, 2.75) is 33.2 Å². The van der Waals surface area contributed by atoms with Crippen LogP contribution in [0.3, 0.4) is 0 Å². The Morgan fingerprint density at radius 1 is 1.38 bits per heavy atom. The van der Waals surface area contributed by atoms with E-state index in [0.717, 1.165) is 22.5 Å². The number of nitrogens with zero attached hydrogens (tertiary/aromatic N) is 2. The van der Waals surface area contributed by atoms with Crippen LogP contribution in [0.15, 0.2) is 24.3 Å². The van der Waals surface area contributed by atoms with Gasteiger partial charge in [0.25, 0.3) is 0 Å². The molecule has 0 atom stereocenters. The topological polar surface area (TPSA) is 46.9 Å². The highest BCUT2D eigenvalue weighted by Crippen LogP contribution is 2.14. The molecular weight excluding hydrogens is 269 g/mol. The van der Waals surface area contributed by atoms with E-state index in [1.54, 1.807) is 12.1 Å². The Labute approximate surface area is 124 Å². The summed E-state index contributed by atoms with van der Waals surface area (Å²) >= 11 is 0. The highest BCUT2D eigenvalue weighted by molar-refractivity contribution is 5.76. The molecule has 0 spiro atoms. The SMILES string of the molecule is Cc1nn(C)c(C)c1CCC(=O)NCc1cccc(F)c1. The summed E-state index contributed by atoms with van der Waals surface area (Å²) in [5.74, 6) is -0.328. The van der Waals surface area contributed by atoms with Crippen molar-refractivity contribution in [1.29, 1.82) is 0 Å². The van der Waals surface area contributed by atoms with Crippen molar-refractivity contribution in [3.05, 3.63) is 52.6 Å². The van der Waals surface area contributed by atoms with Crippen molar-refractivity contribution in [3.8, 4) is 0 Å². The zero-order valence-electron chi connectivity index (χ0n) is 12.6. The monoisotopic (exact) mass is 289 g/mol. The summed E-state index contributed by atoms with van der Waals surface area (Å²) < 4.78 is 14.9. The number of benzene rings is 1. The minimum atomic E-state index is -0.289. The van der Waals surface area contributed by atoms with E-state index in [1.807, 2.05) is 25.6 Å². The van der Waals surface area contributed by atoms with Gasteiger partial charge in [-0.25, -0.2) is 4.39 Å². The molecule has 2 rings (SSSR count). The maximum Gasteiger partial charge on any atom is 0.220 e. The van der Waals surface area contributed by atoms with Crippen molar-refractivity contribution < 1.29 is 9.18 Å². The normalized spacial score (nSPS) is 10.7. The van der Waals surface area contributed by atoms with Crippen molar-refractivity contribution in [1.82, 2.24) is 15.1 Å². The number of amides is 1. The Kier molecular flexibility index (Phi) is 4.73. The fraction of sp³-hybridized carbons (Fsp3) is 0.375.